The molecule has 0 amide bonds. The zero-order chi connectivity index (χ0) is 24.5. The zero-order valence-electron chi connectivity index (χ0n) is 18.7. The van der Waals surface area contributed by atoms with E-state index in [0.717, 1.165) is 18.2 Å². The Morgan fingerprint density at radius 3 is 2.65 bits per heavy atom. The minimum atomic E-state index is -4.52. The van der Waals surface area contributed by atoms with Gasteiger partial charge in [-0.25, -0.2) is 14.4 Å². The summed E-state index contributed by atoms with van der Waals surface area (Å²) < 4.78 is 60.6. The summed E-state index contributed by atoms with van der Waals surface area (Å²) in [6.07, 6.45) is 5.13. The predicted molar refractivity (Wildman–Crippen MR) is 122 cm³/mol. The summed E-state index contributed by atoms with van der Waals surface area (Å²) >= 11 is 6.51. The second kappa shape index (κ2) is 9.92. The molecule has 1 saturated carbocycles. The van der Waals surface area contributed by atoms with Gasteiger partial charge in [-0.15, -0.1) is 0 Å². The Balaban J connectivity index is 1.56. The van der Waals surface area contributed by atoms with E-state index in [1.54, 1.807) is 35.4 Å². The van der Waals surface area contributed by atoms with Crippen molar-refractivity contribution in [3.63, 3.8) is 0 Å². The largest absolute Gasteiger partial charge is 0.474 e. The number of hydrogen-bond acceptors (Lipinski definition) is 5. The van der Waals surface area contributed by atoms with Crippen molar-refractivity contribution in [3.05, 3.63) is 77.8 Å². The number of alkyl halides is 4. The minimum absolute atomic E-state index is 0.100. The third-order valence-corrected chi connectivity index (χ3v) is 6.60. The first kappa shape index (κ1) is 24.5. The molecule has 1 unspecified atom stereocenters. The first-order valence-corrected chi connectivity index (χ1v) is 11.4. The van der Waals surface area contributed by atoms with Crippen LogP contribution in [-0.2, 0) is 10.9 Å². The number of nitrogens with zero attached hydrogens (tertiary/aromatic N) is 4. The molecule has 0 spiro atoms. The number of allylic oxidation sites excluding steroid dienone is 2. The van der Waals surface area contributed by atoms with Crippen molar-refractivity contribution in [2.24, 2.45) is 0 Å². The van der Waals surface area contributed by atoms with E-state index in [1.165, 1.54) is 6.33 Å². The third-order valence-electron chi connectivity index (χ3n) is 6.26. The number of halogens is 5. The van der Waals surface area contributed by atoms with Crippen LogP contribution in [0.25, 0.3) is 0 Å². The summed E-state index contributed by atoms with van der Waals surface area (Å²) in [5, 5.41) is 0. The van der Waals surface area contributed by atoms with Crippen LogP contribution < -0.4 is 4.90 Å². The number of ether oxygens (including phenoxy) is 1. The SMILES string of the molecule is CN(C)[C@H]1C[C@@H](c2cc(C(F)(F)F)ccc2F)CC[C@@H]1OC1=CC=CC(Cl)N1c1ccncn1. The van der Waals surface area contributed by atoms with Gasteiger partial charge in [-0.3, -0.25) is 4.90 Å². The number of likely N-dealkylation sites (N-methyl/N-ethyl adjacent to an activating group) is 1. The fraction of sp³-hybridized carbons (Fsp3) is 0.417. The van der Waals surface area contributed by atoms with Crippen LogP contribution >= 0.6 is 11.6 Å². The van der Waals surface area contributed by atoms with Gasteiger partial charge in [0.1, 0.15) is 29.6 Å². The summed E-state index contributed by atoms with van der Waals surface area (Å²) in [4.78, 5) is 11.9. The van der Waals surface area contributed by atoms with Gasteiger partial charge in [0, 0.05) is 12.2 Å². The van der Waals surface area contributed by atoms with Crippen molar-refractivity contribution in [3.8, 4) is 0 Å². The topological polar surface area (TPSA) is 41.5 Å². The van der Waals surface area contributed by atoms with Gasteiger partial charge in [0.25, 0.3) is 0 Å². The molecule has 0 saturated heterocycles. The molecule has 2 heterocycles. The number of hydrogen-bond donors (Lipinski definition) is 0. The van der Waals surface area contributed by atoms with Crippen LogP contribution in [0, 0.1) is 5.82 Å². The van der Waals surface area contributed by atoms with Crippen molar-refractivity contribution in [2.75, 3.05) is 19.0 Å². The van der Waals surface area contributed by atoms with Crippen molar-refractivity contribution in [1.82, 2.24) is 14.9 Å². The van der Waals surface area contributed by atoms with E-state index in [4.69, 9.17) is 16.3 Å². The molecule has 4 rings (SSSR count). The molecule has 0 bridgehead atoms. The Morgan fingerprint density at radius 2 is 1.97 bits per heavy atom. The summed E-state index contributed by atoms with van der Waals surface area (Å²) in [6.45, 7) is 0. The van der Waals surface area contributed by atoms with Gasteiger partial charge < -0.3 is 9.64 Å². The van der Waals surface area contributed by atoms with Gasteiger partial charge in [0.15, 0.2) is 5.88 Å². The lowest BCUT2D eigenvalue weighted by atomic mass is 9.78. The molecule has 0 N–H and O–H groups in total. The number of rotatable bonds is 5. The first-order valence-electron chi connectivity index (χ1n) is 10.9. The lowest BCUT2D eigenvalue weighted by Gasteiger charge is -2.42. The number of aromatic nitrogens is 2. The van der Waals surface area contributed by atoms with E-state index in [-0.39, 0.29) is 23.6 Å². The molecular formula is C24H25ClF4N4O. The molecule has 5 nitrogen and oxygen atoms in total. The van der Waals surface area contributed by atoms with Gasteiger partial charge in [-0.1, -0.05) is 17.7 Å². The van der Waals surface area contributed by atoms with Crippen LogP contribution in [0.1, 0.15) is 36.3 Å². The van der Waals surface area contributed by atoms with Crippen molar-refractivity contribution in [1.29, 1.82) is 0 Å². The predicted octanol–water partition coefficient (Wildman–Crippen LogP) is 5.70. The number of anilines is 1. The average Bonchev–Trinajstić information content (AvgIpc) is 2.79. The smallest absolute Gasteiger partial charge is 0.416 e. The normalized spacial score (nSPS) is 25.4. The molecular weight excluding hydrogens is 472 g/mol. The molecule has 182 valence electrons. The minimum Gasteiger partial charge on any atom is -0.474 e. The Bertz CT molecular complexity index is 1060. The fourth-order valence-corrected chi connectivity index (χ4v) is 4.83. The van der Waals surface area contributed by atoms with Crippen LogP contribution in [-0.4, -0.2) is 46.6 Å². The van der Waals surface area contributed by atoms with Gasteiger partial charge in [0.05, 0.1) is 5.56 Å². The van der Waals surface area contributed by atoms with E-state index >= 15 is 0 Å². The van der Waals surface area contributed by atoms with Crippen molar-refractivity contribution >= 4 is 17.4 Å². The van der Waals surface area contributed by atoms with Crippen LogP contribution in [0.5, 0.6) is 0 Å². The maximum Gasteiger partial charge on any atom is 0.416 e. The van der Waals surface area contributed by atoms with Gasteiger partial charge in [-0.05, 0) is 81.3 Å². The molecule has 1 fully saturated rings. The molecule has 1 aliphatic heterocycles. The molecule has 34 heavy (non-hydrogen) atoms. The monoisotopic (exact) mass is 496 g/mol. The van der Waals surface area contributed by atoms with E-state index in [0.29, 0.717) is 31.0 Å². The van der Waals surface area contributed by atoms with E-state index in [2.05, 4.69) is 9.97 Å². The zero-order valence-corrected chi connectivity index (χ0v) is 19.5. The van der Waals surface area contributed by atoms with E-state index < -0.39 is 23.1 Å². The Kier molecular flexibility index (Phi) is 7.14. The molecule has 0 radical (unpaired) electrons. The second-order valence-corrected chi connectivity index (χ2v) is 9.08. The molecule has 10 heteroatoms. The summed E-state index contributed by atoms with van der Waals surface area (Å²) in [7, 11) is 3.77. The van der Waals surface area contributed by atoms with E-state index in [1.807, 2.05) is 19.0 Å². The fourth-order valence-electron chi connectivity index (χ4n) is 4.55. The number of benzene rings is 1. The molecule has 2 aromatic rings. The Morgan fingerprint density at radius 1 is 1.18 bits per heavy atom. The van der Waals surface area contributed by atoms with Gasteiger partial charge in [0.2, 0.25) is 0 Å². The molecule has 1 aliphatic carbocycles. The van der Waals surface area contributed by atoms with Crippen LogP contribution in [0.2, 0.25) is 0 Å². The first-order chi connectivity index (χ1) is 16.1. The highest BCUT2D eigenvalue weighted by Gasteiger charge is 2.38. The summed E-state index contributed by atoms with van der Waals surface area (Å²) in [5.74, 6) is 0.122. The van der Waals surface area contributed by atoms with Crippen molar-refractivity contribution in [2.45, 2.75) is 49.0 Å². The third kappa shape index (κ3) is 5.20. The highest BCUT2D eigenvalue weighted by Crippen LogP contribution is 2.40. The molecule has 1 aromatic carbocycles. The van der Waals surface area contributed by atoms with Crippen LogP contribution in [0.4, 0.5) is 23.4 Å². The maximum atomic E-state index is 14.6. The van der Waals surface area contributed by atoms with Crippen LogP contribution in [0.15, 0.2) is 60.9 Å². The highest BCUT2D eigenvalue weighted by molar-refractivity contribution is 6.23. The average molecular weight is 497 g/mol. The highest BCUT2D eigenvalue weighted by atomic mass is 35.5. The quantitative estimate of drug-likeness (QED) is 0.302. The van der Waals surface area contributed by atoms with Gasteiger partial charge in [-0.2, -0.15) is 13.2 Å². The standard InChI is InChI=1S/C24H25ClF4N4O/c1-32(2)19-12-15(17-13-16(24(27,28)29)7-8-18(17)26)6-9-20(19)34-23-5-3-4-21(25)33(23)22-10-11-30-14-31-22/h3-5,7-8,10-11,13-15,19-21H,6,9,12H2,1-2H3/t15-,19-,20-,21?/m0/s1. The lowest BCUT2D eigenvalue weighted by molar-refractivity contribution is -0.137. The Labute approximate surface area is 200 Å². The summed E-state index contributed by atoms with van der Waals surface area (Å²) in [6, 6.07) is 4.20. The molecule has 1 aromatic heterocycles. The van der Waals surface area contributed by atoms with Crippen LogP contribution in [0.3, 0.4) is 0 Å². The van der Waals surface area contributed by atoms with E-state index in [9.17, 15) is 17.6 Å². The lowest BCUT2D eigenvalue weighted by Crippen LogP contribution is -2.46. The van der Waals surface area contributed by atoms with Gasteiger partial charge >= 0.3 is 6.18 Å². The second-order valence-electron chi connectivity index (χ2n) is 8.63. The Hall–Kier alpha value is -2.65. The maximum absolute atomic E-state index is 14.6. The molecule has 4 atom stereocenters. The van der Waals surface area contributed by atoms with Crippen molar-refractivity contribution < 1.29 is 22.3 Å². The summed E-state index contributed by atoms with van der Waals surface area (Å²) in [5.41, 5.74) is -1.25. The molecule has 2 aliphatic rings.